The largest absolute Gasteiger partial charge is 0.484 e. The van der Waals surface area contributed by atoms with E-state index >= 15 is 0 Å². The number of aryl methyl sites for hydroxylation is 1. The highest BCUT2D eigenvalue weighted by molar-refractivity contribution is 7.89. The normalized spacial score (nSPS) is 15.4. The van der Waals surface area contributed by atoms with Crippen LogP contribution in [0.4, 0.5) is 0 Å². The molecule has 0 aliphatic carbocycles. The number of fused-ring (bicyclic) bond motifs is 1. The molecule has 8 nitrogen and oxygen atoms in total. The third-order valence-corrected chi connectivity index (χ3v) is 7.99. The van der Waals surface area contributed by atoms with E-state index in [4.69, 9.17) is 4.74 Å². The van der Waals surface area contributed by atoms with Crippen LogP contribution in [0.15, 0.2) is 58.2 Å². The van der Waals surface area contributed by atoms with Gasteiger partial charge in [-0.05, 0) is 30.3 Å². The molecule has 0 N–H and O–H groups in total. The summed E-state index contributed by atoms with van der Waals surface area (Å²) in [6, 6.07) is 13.8. The lowest BCUT2D eigenvalue weighted by Gasteiger charge is -2.34. The molecule has 1 aliphatic rings. The zero-order valence-corrected chi connectivity index (χ0v) is 18.0. The Labute approximate surface area is 178 Å². The van der Waals surface area contributed by atoms with Crippen molar-refractivity contribution in [2.75, 3.05) is 32.8 Å². The minimum absolute atomic E-state index is 0.0830. The van der Waals surface area contributed by atoms with Crippen LogP contribution >= 0.6 is 11.3 Å². The average Bonchev–Trinajstić information content (AvgIpc) is 3.06. The number of rotatable bonds is 5. The molecule has 1 amide bonds. The first kappa shape index (κ1) is 20.6. The highest BCUT2D eigenvalue weighted by atomic mass is 32.2. The molecule has 0 spiro atoms. The highest BCUT2D eigenvalue weighted by Gasteiger charge is 2.30. The fraction of sp³-hybridized carbons (Fsp3) is 0.300. The second kappa shape index (κ2) is 8.21. The van der Waals surface area contributed by atoms with Crippen LogP contribution in [0.3, 0.4) is 0 Å². The number of ether oxygens (including phenoxy) is 1. The Morgan fingerprint density at radius 1 is 1.07 bits per heavy atom. The molecule has 4 rings (SSSR count). The zero-order valence-electron chi connectivity index (χ0n) is 16.4. The number of carbonyl (C=O) groups is 1. The number of para-hydroxylation sites is 1. The summed E-state index contributed by atoms with van der Waals surface area (Å²) in [6.07, 6.45) is 0. The quantitative estimate of drug-likeness (QED) is 0.592. The second-order valence-electron chi connectivity index (χ2n) is 6.94. The van der Waals surface area contributed by atoms with Crippen molar-refractivity contribution in [3.05, 3.63) is 58.2 Å². The molecule has 1 aliphatic heterocycles. The lowest BCUT2D eigenvalue weighted by atomic mass is 10.3. The minimum Gasteiger partial charge on any atom is -0.484 e. The van der Waals surface area contributed by atoms with Crippen LogP contribution in [0, 0.1) is 0 Å². The predicted molar refractivity (Wildman–Crippen MR) is 114 cm³/mol. The number of benzene rings is 2. The molecule has 0 atom stereocenters. The topological polar surface area (TPSA) is 88.9 Å². The number of carbonyl (C=O) groups excluding carboxylic acids is 1. The Kier molecular flexibility index (Phi) is 5.63. The van der Waals surface area contributed by atoms with Gasteiger partial charge in [0.1, 0.15) is 5.75 Å². The molecule has 30 heavy (non-hydrogen) atoms. The van der Waals surface area contributed by atoms with Gasteiger partial charge in [0.15, 0.2) is 6.61 Å². The summed E-state index contributed by atoms with van der Waals surface area (Å²) in [4.78, 5) is 25.8. The molecule has 0 unspecified atom stereocenters. The summed E-state index contributed by atoms with van der Waals surface area (Å²) in [7, 11) is -2.04. The summed E-state index contributed by atoms with van der Waals surface area (Å²) in [5, 5.41) is 0. The lowest BCUT2D eigenvalue weighted by molar-refractivity contribution is -0.134. The number of hydrogen-bond donors (Lipinski definition) is 0. The monoisotopic (exact) mass is 447 g/mol. The van der Waals surface area contributed by atoms with Gasteiger partial charge in [-0.2, -0.15) is 4.31 Å². The van der Waals surface area contributed by atoms with Gasteiger partial charge in [0.05, 0.1) is 15.1 Å². The number of nitrogens with zero attached hydrogens (tertiary/aromatic N) is 3. The third-order valence-electron chi connectivity index (χ3n) is 5.10. The van der Waals surface area contributed by atoms with Crippen molar-refractivity contribution in [1.29, 1.82) is 0 Å². The smallest absolute Gasteiger partial charge is 0.307 e. The number of hydrogen-bond acceptors (Lipinski definition) is 6. The lowest BCUT2D eigenvalue weighted by Crippen LogP contribution is -2.51. The van der Waals surface area contributed by atoms with Gasteiger partial charge in [0.2, 0.25) is 10.0 Å². The predicted octanol–water partition coefficient (Wildman–Crippen LogP) is 1.51. The van der Waals surface area contributed by atoms with Crippen molar-refractivity contribution in [3.8, 4) is 5.75 Å². The molecule has 0 saturated carbocycles. The summed E-state index contributed by atoms with van der Waals surface area (Å²) in [5.74, 6) is 0.442. The Hall–Kier alpha value is -2.69. The highest BCUT2D eigenvalue weighted by Crippen LogP contribution is 2.24. The van der Waals surface area contributed by atoms with Crippen molar-refractivity contribution < 1.29 is 17.9 Å². The molecule has 0 radical (unpaired) electrons. The van der Waals surface area contributed by atoms with Gasteiger partial charge in [0.25, 0.3) is 5.91 Å². The molecule has 2 aromatic carbocycles. The molecule has 3 aromatic rings. The van der Waals surface area contributed by atoms with Gasteiger partial charge in [0, 0.05) is 33.2 Å². The first-order valence-electron chi connectivity index (χ1n) is 9.41. The summed E-state index contributed by atoms with van der Waals surface area (Å²) < 4.78 is 35.1. The maximum absolute atomic E-state index is 13.0. The van der Waals surface area contributed by atoms with Crippen LogP contribution in [0.1, 0.15) is 0 Å². The van der Waals surface area contributed by atoms with E-state index in [1.165, 1.54) is 14.9 Å². The van der Waals surface area contributed by atoms with Crippen molar-refractivity contribution >= 4 is 37.5 Å². The maximum Gasteiger partial charge on any atom is 0.307 e. The van der Waals surface area contributed by atoms with Gasteiger partial charge in [-0.15, -0.1) is 0 Å². The Bertz CT molecular complexity index is 1230. The van der Waals surface area contributed by atoms with Crippen molar-refractivity contribution in [2.24, 2.45) is 7.05 Å². The van der Waals surface area contributed by atoms with Gasteiger partial charge in [-0.25, -0.2) is 8.42 Å². The van der Waals surface area contributed by atoms with E-state index in [0.717, 1.165) is 11.3 Å². The van der Waals surface area contributed by atoms with Gasteiger partial charge in [-0.1, -0.05) is 29.5 Å². The molecule has 158 valence electrons. The summed E-state index contributed by atoms with van der Waals surface area (Å²) in [5.41, 5.74) is 0.706. The van der Waals surface area contributed by atoms with E-state index in [-0.39, 0.29) is 35.4 Å². The Balaban J connectivity index is 1.40. The van der Waals surface area contributed by atoms with Crippen molar-refractivity contribution in [3.63, 3.8) is 0 Å². The average molecular weight is 448 g/mol. The zero-order chi connectivity index (χ0) is 21.3. The van der Waals surface area contributed by atoms with Crippen LogP contribution in [0.25, 0.3) is 10.2 Å². The van der Waals surface area contributed by atoms with Crippen LogP contribution in [-0.2, 0) is 21.9 Å². The molecule has 1 saturated heterocycles. The molecular weight excluding hydrogens is 426 g/mol. The van der Waals surface area contributed by atoms with E-state index < -0.39 is 10.0 Å². The van der Waals surface area contributed by atoms with E-state index in [0.29, 0.717) is 29.1 Å². The second-order valence-corrected chi connectivity index (χ2v) is 9.87. The summed E-state index contributed by atoms with van der Waals surface area (Å²) >= 11 is 1.02. The minimum atomic E-state index is -3.70. The van der Waals surface area contributed by atoms with E-state index in [1.807, 2.05) is 18.2 Å². The number of piperazine rings is 1. The number of aromatic nitrogens is 1. The molecule has 0 bridgehead atoms. The maximum atomic E-state index is 13.0. The van der Waals surface area contributed by atoms with Crippen LogP contribution in [-0.4, -0.2) is 60.9 Å². The fourth-order valence-corrected chi connectivity index (χ4v) is 5.80. The van der Waals surface area contributed by atoms with E-state index in [2.05, 4.69) is 0 Å². The number of sulfonamides is 1. The number of thiazole rings is 1. The van der Waals surface area contributed by atoms with E-state index in [9.17, 15) is 18.0 Å². The molecule has 1 fully saturated rings. The van der Waals surface area contributed by atoms with E-state index in [1.54, 1.807) is 36.2 Å². The standard InChI is InChI=1S/C20H21N3O5S2/c1-21-17-8-7-16(13-18(17)29-20(21)25)30(26,27)23-11-9-22(10-12-23)19(24)14-28-15-5-3-2-4-6-15/h2-8,13H,9-12,14H2,1H3. The fourth-order valence-electron chi connectivity index (χ4n) is 3.35. The van der Waals surface area contributed by atoms with Gasteiger partial charge >= 0.3 is 4.87 Å². The Morgan fingerprint density at radius 3 is 2.47 bits per heavy atom. The summed E-state index contributed by atoms with van der Waals surface area (Å²) in [6.45, 7) is 0.944. The van der Waals surface area contributed by atoms with Crippen LogP contribution < -0.4 is 9.61 Å². The third kappa shape index (κ3) is 3.98. The molecule has 2 heterocycles. The van der Waals surface area contributed by atoms with Crippen molar-refractivity contribution in [2.45, 2.75) is 4.90 Å². The number of amides is 1. The molecule has 1 aromatic heterocycles. The van der Waals surface area contributed by atoms with Crippen molar-refractivity contribution in [1.82, 2.24) is 13.8 Å². The first-order chi connectivity index (χ1) is 14.4. The molecule has 10 heteroatoms. The van der Waals surface area contributed by atoms with Gasteiger partial charge in [-0.3, -0.25) is 9.59 Å². The van der Waals surface area contributed by atoms with Gasteiger partial charge < -0.3 is 14.2 Å². The first-order valence-corrected chi connectivity index (χ1v) is 11.7. The Morgan fingerprint density at radius 2 is 1.77 bits per heavy atom. The van der Waals surface area contributed by atoms with Crippen LogP contribution in [0.5, 0.6) is 5.75 Å². The van der Waals surface area contributed by atoms with Crippen LogP contribution in [0.2, 0.25) is 0 Å². The SMILES string of the molecule is Cn1c(=O)sc2cc(S(=O)(=O)N3CCN(C(=O)COc4ccccc4)CC3)ccc21. The molecular formula is C20H21N3O5S2.